The average molecular weight is 564 g/mol. The smallest absolute Gasteiger partial charge is 0.307 e. The number of likely N-dealkylation sites (N-methyl/N-ethyl adjacent to an activating group) is 1. The van der Waals surface area contributed by atoms with Crippen molar-refractivity contribution in [1.29, 1.82) is 0 Å². The molecule has 3 aromatic rings. The van der Waals surface area contributed by atoms with Crippen LogP contribution in [0, 0.1) is 31.6 Å². The molecule has 212 valence electrons. The number of anilines is 1. The van der Waals surface area contributed by atoms with E-state index in [9.17, 15) is 19.8 Å². The predicted octanol–water partition coefficient (Wildman–Crippen LogP) is 5.01. The maximum Gasteiger partial charge on any atom is 0.307 e. The molecule has 5 rings (SSSR count). The van der Waals surface area contributed by atoms with E-state index in [1.807, 2.05) is 51.1 Å². The molecule has 2 bridgehead atoms. The van der Waals surface area contributed by atoms with Crippen LogP contribution in [0.25, 0.3) is 11.3 Å². The molecule has 2 aromatic carbocycles. The summed E-state index contributed by atoms with van der Waals surface area (Å²) in [6.07, 6.45) is 1.95. The molecule has 0 spiro atoms. The highest BCUT2D eigenvalue weighted by Crippen LogP contribution is 2.44. The maximum atomic E-state index is 12.8. The van der Waals surface area contributed by atoms with Crippen LogP contribution in [-0.4, -0.2) is 64.8 Å². The Bertz CT molecular complexity index is 1380. The van der Waals surface area contributed by atoms with Gasteiger partial charge in [0, 0.05) is 42.7 Å². The number of hydrogen-bond acceptors (Lipinski definition) is 7. The topological polar surface area (TPSA) is 103 Å². The zero-order chi connectivity index (χ0) is 28.4. The zero-order valence-corrected chi connectivity index (χ0v) is 24.1. The van der Waals surface area contributed by atoms with Crippen LogP contribution in [0.3, 0.4) is 0 Å². The van der Waals surface area contributed by atoms with Gasteiger partial charge in [-0.15, -0.1) is 11.3 Å². The number of ether oxygens (including phenoxy) is 1. The van der Waals surface area contributed by atoms with Crippen molar-refractivity contribution in [3.63, 3.8) is 0 Å². The number of aryl methyl sites for hydroxylation is 2. The van der Waals surface area contributed by atoms with Gasteiger partial charge in [0.25, 0.3) is 5.91 Å². The lowest BCUT2D eigenvalue weighted by Gasteiger charge is -2.35. The van der Waals surface area contributed by atoms with Gasteiger partial charge in [-0.05, 0) is 80.8 Å². The number of benzene rings is 2. The van der Waals surface area contributed by atoms with Crippen molar-refractivity contribution in [3.8, 4) is 17.0 Å². The highest BCUT2D eigenvalue weighted by atomic mass is 32.1. The van der Waals surface area contributed by atoms with Crippen LogP contribution in [0.2, 0.25) is 0 Å². The molecule has 1 aromatic heterocycles. The second kappa shape index (κ2) is 12.0. The first-order chi connectivity index (χ1) is 19.3. The normalized spacial score (nSPS) is 20.0. The number of nitrogens with zero attached hydrogens (tertiary/aromatic N) is 3. The van der Waals surface area contributed by atoms with Gasteiger partial charge in [-0.2, -0.15) is 0 Å². The molecule has 0 radical (unpaired) electrons. The minimum absolute atomic E-state index is 0.0614. The average Bonchev–Trinajstić information content (AvgIpc) is 3.54. The molecule has 1 saturated heterocycles. The fourth-order valence-electron chi connectivity index (χ4n) is 6.14. The van der Waals surface area contributed by atoms with Crippen LogP contribution in [0.4, 0.5) is 5.13 Å². The Morgan fingerprint density at radius 1 is 1.12 bits per heavy atom. The fraction of sp³-hybridized carbons (Fsp3) is 0.452. The Balaban J connectivity index is 1.30. The Kier molecular flexibility index (Phi) is 8.42. The molecule has 1 aliphatic carbocycles. The van der Waals surface area contributed by atoms with E-state index in [-0.39, 0.29) is 30.3 Å². The van der Waals surface area contributed by atoms with Gasteiger partial charge in [-0.25, -0.2) is 4.98 Å². The van der Waals surface area contributed by atoms with Crippen molar-refractivity contribution in [1.82, 2.24) is 9.88 Å². The largest absolute Gasteiger partial charge is 0.488 e. The number of piperidine rings is 1. The lowest BCUT2D eigenvalue weighted by Crippen LogP contribution is -2.44. The summed E-state index contributed by atoms with van der Waals surface area (Å²) >= 11 is 1.60. The van der Waals surface area contributed by atoms with Crippen molar-refractivity contribution in [2.45, 2.75) is 40.2 Å². The number of rotatable bonds is 10. The molecule has 1 saturated carbocycles. The van der Waals surface area contributed by atoms with Gasteiger partial charge in [0.2, 0.25) is 0 Å². The van der Waals surface area contributed by atoms with Crippen LogP contribution >= 0.6 is 11.3 Å². The lowest BCUT2D eigenvalue weighted by molar-refractivity contribution is -0.144. The second-order valence-electron chi connectivity index (χ2n) is 10.9. The summed E-state index contributed by atoms with van der Waals surface area (Å²) in [5.74, 6) is 0.139. The van der Waals surface area contributed by atoms with Crippen LogP contribution < -0.4 is 9.64 Å². The summed E-state index contributed by atoms with van der Waals surface area (Å²) in [6, 6.07) is 11.7. The third-order valence-corrected chi connectivity index (χ3v) is 9.21. The first-order valence-corrected chi connectivity index (χ1v) is 14.8. The van der Waals surface area contributed by atoms with Gasteiger partial charge in [0.1, 0.15) is 12.4 Å². The van der Waals surface area contributed by atoms with Crippen LogP contribution in [0.15, 0.2) is 41.8 Å². The molecule has 3 atom stereocenters. The van der Waals surface area contributed by atoms with Crippen molar-refractivity contribution in [2.75, 3.05) is 37.7 Å². The van der Waals surface area contributed by atoms with E-state index >= 15 is 0 Å². The number of hydrogen-bond donors (Lipinski definition) is 2. The number of aliphatic hydroxyl groups is 1. The predicted molar refractivity (Wildman–Crippen MR) is 156 cm³/mol. The van der Waals surface area contributed by atoms with Crippen LogP contribution in [0.1, 0.15) is 46.8 Å². The number of aliphatic carboxylic acids is 1. The van der Waals surface area contributed by atoms with E-state index in [0.717, 1.165) is 64.8 Å². The van der Waals surface area contributed by atoms with E-state index < -0.39 is 5.97 Å². The number of carbonyl (C=O) groups is 2. The summed E-state index contributed by atoms with van der Waals surface area (Å²) in [5, 5.41) is 21.9. The summed E-state index contributed by atoms with van der Waals surface area (Å²) in [6.45, 7) is 8.55. The molecule has 9 heteroatoms. The number of thiazole rings is 1. The highest BCUT2D eigenvalue weighted by Gasteiger charge is 2.46. The SMILES string of the molecule is CCN(CCO)C(=O)c1ccc(COc2ccc(C)cc2-c2csc(N3C[C@H]4CC[C@@H](C3)C4C(=O)O)n2)c(C)c1. The number of fused-ring (bicyclic) bond motifs is 2. The van der Waals surface area contributed by atoms with Gasteiger partial charge in [0.05, 0.1) is 18.2 Å². The summed E-state index contributed by atoms with van der Waals surface area (Å²) in [4.78, 5) is 33.4. The monoisotopic (exact) mass is 563 g/mol. The number of carbonyl (C=O) groups excluding carboxylic acids is 1. The van der Waals surface area contributed by atoms with Crippen molar-refractivity contribution < 1.29 is 24.5 Å². The molecule has 1 amide bonds. The standard InChI is InChI=1S/C31H37N3O5S/c1-4-33(11-12-35)29(36)21-6-9-24(20(3)14-21)17-39-27-10-5-19(2)13-25(27)26-18-40-31(32-26)34-15-22-7-8-23(16-34)28(22)30(37)38/h5-6,9-10,13-14,18,22-23,28,35H,4,7-8,11-12,15-17H2,1-3H3,(H,37,38)/t22-,23+,28?. The first kappa shape index (κ1) is 28.1. The Morgan fingerprint density at radius 3 is 2.52 bits per heavy atom. The van der Waals surface area contributed by atoms with Crippen molar-refractivity contribution in [3.05, 3.63) is 64.0 Å². The molecule has 1 aliphatic heterocycles. The molecular formula is C31H37N3O5S. The molecule has 2 aliphatic rings. The minimum Gasteiger partial charge on any atom is -0.488 e. The van der Waals surface area contributed by atoms with Gasteiger partial charge in [0.15, 0.2) is 5.13 Å². The van der Waals surface area contributed by atoms with E-state index in [1.165, 1.54) is 0 Å². The van der Waals surface area contributed by atoms with Crippen molar-refractivity contribution >= 4 is 28.3 Å². The maximum absolute atomic E-state index is 12.8. The summed E-state index contributed by atoms with van der Waals surface area (Å²) < 4.78 is 6.32. The van der Waals surface area contributed by atoms with Crippen molar-refractivity contribution in [2.24, 2.45) is 17.8 Å². The number of aromatic nitrogens is 1. The highest BCUT2D eigenvalue weighted by molar-refractivity contribution is 7.14. The van der Waals surface area contributed by atoms with Gasteiger partial charge in [-0.1, -0.05) is 17.7 Å². The molecule has 8 nitrogen and oxygen atoms in total. The quantitative estimate of drug-likeness (QED) is 0.358. The number of amides is 1. The molecule has 2 fully saturated rings. The van der Waals surface area contributed by atoms with Crippen LogP contribution in [-0.2, 0) is 11.4 Å². The minimum atomic E-state index is -0.658. The van der Waals surface area contributed by atoms with E-state index in [1.54, 1.807) is 16.2 Å². The Hall–Kier alpha value is -3.43. The molecule has 1 unspecified atom stereocenters. The van der Waals surface area contributed by atoms with E-state index in [2.05, 4.69) is 16.3 Å². The Morgan fingerprint density at radius 2 is 1.88 bits per heavy atom. The van der Waals surface area contributed by atoms with Gasteiger partial charge in [-0.3, -0.25) is 9.59 Å². The second-order valence-corrected chi connectivity index (χ2v) is 11.8. The molecule has 2 heterocycles. The van der Waals surface area contributed by atoms with Crippen LogP contribution in [0.5, 0.6) is 5.75 Å². The number of aliphatic hydroxyl groups excluding tert-OH is 1. The molecule has 40 heavy (non-hydrogen) atoms. The third kappa shape index (κ3) is 5.71. The number of carboxylic acids is 1. The summed E-state index contributed by atoms with van der Waals surface area (Å²) in [7, 11) is 0. The fourth-order valence-corrected chi connectivity index (χ4v) is 6.98. The van der Waals surface area contributed by atoms with Gasteiger partial charge >= 0.3 is 5.97 Å². The lowest BCUT2D eigenvalue weighted by atomic mass is 9.85. The molecular weight excluding hydrogens is 526 g/mol. The zero-order valence-electron chi connectivity index (χ0n) is 23.3. The van der Waals surface area contributed by atoms with E-state index in [0.29, 0.717) is 25.3 Å². The first-order valence-electron chi connectivity index (χ1n) is 14.0. The van der Waals surface area contributed by atoms with Gasteiger partial charge < -0.3 is 24.7 Å². The summed E-state index contributed by atoms with van der Waals surface area (Å²) in [5.41, 5.74) is 5.45. The molecule has 2 N–H and O–H groups in total. The number of carboxylic acid groups (broad SMARTS) is 1. The third-order valence-electron chi connectivity index (χ3n) is 8.30. The van der Waals surface area contributed by atoms with E-state index in [4.69, 9.17) is 9.72 Å². The Labute approximate surface area is 239 Å².